The maximum absolute atomic E-state index is 13.3. The highest BCUT2D eigenvalue weighted by Crippen LogP contribution is 2.24. The summed E-state index contributed by atoms with van der Waals surface area (Å²) in [5.41, 5.74) is 3.22. The quantitative estimate of drug-likeness (QED) is 0.492. The van der Waals surface area contributed by atoms with E-state index in [2.05, 4.69) is 39.1 Å². The SMILES string of the molecule is CCC(C)C(=O)N(Cc1ccc(CN2CCCC2)cc1)c1nc(OCCOC)ncc1C. The van der Waals surface area contributed by atoms with Gasteiger partial charge in [-0.15, -0.1) is 0 Å². The largest absolute Gasteiger partial charge is 0.461 e. The molecule has 1 aliphatic rings. The first-order valence-corrected chi connectivity index (χ1v) is 11.6. The molecule has 2 aromatic rings. The molecule has 0 saturated carbocycles. The maximum atomic E-state index is 13.3. The molecular formula is C25H36N4O3. The molecule has 1 unspecified atom stereocenters. The molecule has 174 valence electrons. The Hall–Kier alpha value is -2.51. The molecule has 1 atom stereocenters. The van der Waals surface area contributed by atoms with Gasteiger partial charge in [-0.2, -0.15) is 4.98 Å². The Morgan fingerprint density at radius 2 is 1.84 bits per heavy atom. The van der Waals surface area contributed by atoms with Gasteiger partial charge in [0.05, 0.1) is 13.2 Å². The fourth-order valence-electron chi connectivity index (χ4n) is 3.81. The van der Waals surface area contributed by atoms with E-state index in [4.69, 9.17) is 9.47 Å². The smallest absolute Gasteiger partial charge is 0.318 e. The number of amides is 1. The standard InChI is InChI=1S/C25H36N4O3/c1-5-19(2)24(30)29(23-20(3)16-26-25(27-23)32-15-14-31-4)18-22-10-8-21(9-11-22)17-28-12-6-7-13-28/h8-11,16,19H,5-7,12-15,17-18H2,1-4H3. The van der Waals surface area contributed by atoms with Crippen LogP contribution in [-0.2, 0) is 22.6 Å². The zero-order valence-corrected chi connectivity index (χ0v) is 19.8. The second-order valence-corrected chi connectivity index (χ2v) is 8.53. The minimum Gasteiger partial charge on any atom is -0.461 e. The van der Waals surface area contributed by atoms with Crippen molar-refractivity contribution >= 4 is 11.7 Å². The highest BCUT2D eigenvalue weighted by molar-refractivity contribution is 5.94. The second kappa shape index (κ2) is 11.9. The molecule has 7 heteroatoms. The predicted molar refractivity (Wildman–Crippen MR) is 126 cm³/mol. The van der Waals surface area contributed by atoms with Crippen LogP contribution in [0.5, 0.6) is 6.01 Å². The van der Waals surface area contributed by atoms with Crippen LogP contribution in [0.2, 0.25) is 0 Å². The number of hydrogen-bond acceptors (Lipinski definition) is 6. The van der Waals surface area contributed by atoms with Crippen molar-refractivity contribution < 1.29 is 14.3 Å². The van der Waals surface area contributed by atoms with Gasteiger partial charge in [0.2, 0.25) is 5.91 Å². The lowest BCUT2D eigenvalue weighted by atomic mass is 10.1. The molecule has 0 spiro atoms. The highest BCUT2D eigenvalue weighted by Gasteiger charge is 2.24. The van der Waals surface area contributed by atoms with Gasteiger partial charge in [-0.3, -0.25) is 14.6 Å². The summed E-state index contributed by atoms with van der Waals surface area (Å²) >= 11 is 0. The Bertz CT molecular complexity index is 866. The number of methoxy groups -OCH3 is 1. The summed E-state index contributed by atoms with van der Waals surface area (Å²) in [6.07, 6.45) is 5.06. The minimum absolute atomic E-state index is 0.0540. The van der Waals surface area contributed by atoms with Crippen molar-refractivity contribution in [2.75, 3.05) is 38.3 Å². The first-order valence-electron chi connectivity index (χ1n) is 11.6. The van der Waals surface area contributed by atoms with Gasteiger partial charge in [0.1, 0.15) is 12.4 Å². The molecular weight excluding hydrogens is 404 g/mol. The summed E-state index contributed by atoms with van der Waals surface area (Å²) in [4.78, 5) is 26.4. The van der Waals surface area contributed by atoms with E-state index in [1.165, 1.54) is 31.5 Å². The number of aromatic nitrogens is 2. The van der Waals surface area contributed by atoms with Gasteiger partial charge in [-0.25, -0.2) is 4.98 Å². The molecule has 1 fully saturated rings. The number of carbonyl (C=O) groups excluding carboxylic acids is 1. The van der Waals surface area contributed by atoms with Crippen LogP contribution in [0.15, 0.2) is 30.5 Å². The second-order valence-electron chi connectivity index (χ2n) is 8.53. The van der Waals surface area contributed by atoms with Crippen LogP contribution in [0.4, 0.5) is 5.82 Å². The van der Waals surface area contributed by atoms with E-state index in [0.29, 0.717) is 25.6 Å². The number of benzene rings is 1. The van der Waals surface area contributed by atoms with Crippen LogP contribution in [0.25, 0.3) is 0 Å². The summed E-state index contributed by atoms with van der Waals surface area (Å²) in [5, 5.41) is 0. The molecule has 1 aromatic carbocycles. The monoisotopic (exact) mass is 440 g/mol. The molecule has 0 bridgehead atoms. The lowest BCUT2D eigenvalue weighted by Crippen LogP contribution is -2.36. The van der Waals surface area contributed by atoms with Crippen molar-refractivity contribution in [1.29, 1.82) is 0 Å². The van der Waals surface area contributed by atoms with E-state index < -0.39 is 0 Å². The number of carbonyl (C=O) groups is 1. The third-order valence-corrected chi connectivity index (χ3v) is 5.97. The van der Waals surface area contributed by atoms with Gasteiger partial charge in [-0.05, 0) is 50.4 Å². The van der Waals surface area contributed by atoms with Crippen molar-refractivity contribution in [2.24, 2.45) is 5.92 Å². The van der Waals surface area contributed by atoms with E-state index in [1.54, 1.807) is 18.2 Å². The number of nitrogens with zero attached hydrogens (tertiary/aromatic N) is 4. The van der Waals surface area contributed by atoms with E-state index in [1.807, 2.05) is 20.8 Å². The number of aryl methyl sites for hydroxylation is 1. The molecule has 32 heavy (non-hydrogen) atoms. The molecule has 3 rings (SSSR count). The summed E-state index contributed by atoms with van der Waals surface area (Å²) in [6, 6.07) is 8.84. The topological polar surface area (TPSA) is 67.8 Å². The number of rotatable bonds is 11. The van der Waals surface area contributed by atoms with Crippen molar-refractivity contribution in [3.8, 4) is 6.01 Å². The molecule has 0 aliphatic carbocycles. The minimum atomic E-state index is -0.100. The fourth-order valence-corrected chi connectivity index (χ4v) is 3.81. The summed E-state index contributed by atoms with van der Waals surface area (Å²) in [5.74, 6) is 0.550. The van der Waals surface area contributed by atoms with Crippen LogP contribution in [0.3, 0.4) is 0 Å². The fraction of sp³-hybridized carbons (Fsp3) is 0.560. The van der Waals surface area contributed by atoms with Gasteiger partial charge in [0.25, 0.3) is 0 Å². The highest BCUT2D eigenvalue weighted by atomic mass is 16.5. The number of anilines is 1. The van der Waals surface area contributed by atoms with Crippen molar-refractivity contribution in [2.45, 2.75) is 53.1 Å². The van der Waals surface area contributed by atoms with Gasteiger partial charge in [-0.1, -0.05) is 38.1 Å². The summed E-state index contributed by atoms with van der Waals surface area (Å²) < 4.78 is 10.6. The number of ether oxygens (including phenoxy) is 2. The average Bonchev–Trinajstić information content (AvgIpc) is 3.32. The molecule has 7 nitrogen and oxygen atoms in total. The zero-order chi connectivity index (χ0) is 22.9. The third kappa shape index (κ3) is 6.50. The molecule has 1 aliphatic heterocycles. The van der Waals surface area contributed by atoms with Crippen molar-refractivity contribution in [3.05, 3.63) is 47.2 Å². The Balaban J connectivity index is 1.80. The van der Waals surface area contributed by atoms with Crippen molar-refractivity contribution in [3.63, 3.8) is 0 Å². The van der Waals surface area contributed by atoms with E-state index >= 15 is 0 Å². The van der Waals surface area contributed by atoms with Gasteiger partial charge in [0, 0.05) is 31.3 Å². The lowest BCUT2D eigenvalue weighted by Gasteiger charge is -2.26. The first-order chi connectivity index (χ1) is 15.5. The van der Waals surface area contributed by atoms with Crippen LogP contribution in [0.1, 0.15) is 49.8 Å². The number of likely N-dealkylation sites (tertiary alicyclic amines) is 1. The first kappa shape index (κ1) is 24.1. The maximum Gasteiger partial charge on any atom is 0.318 e. The lowest BCUT2D eigenvalue weighted by molar-refractivity contribution is -0.122. The Morgan fingerprint density at radius 1 is 1.16 bits per heavy atom. The molecule has 2 heterocycles. The van der Waals surface area contributed by atoms with E-state index in [0.717, 1.165) is 24.1 Å². The molecule has 0 N–H and O–H groups in total. The van der Waals surface area contributed by atoms with Gasteiger partial charge in [0.15, 0.2) is 0 Å². The van der Waals surface area contributed by atoms with Crippen molar-refractivity contribution in [1.82, 2.24) is 14.9 Å². The molecule has 1 amide bonds. The van der Waals surface area contributed by atoms with E-state index in [9.17, 15) is 4.79 Å². The summed E-state index contributed by atoms with van der Waals surface area (Å²) in [7, 11) is 1.62. The Morgan fingerprint density at radius 3 is 2.50 bits per heavy atom. The Kier molecular flexibility index (Phi) is 9.00. The molecule has 1 saturated heterocycles. The summed E-state index contributed by atoms with van der Waals surface area (Å²) in [6.45, 7) is 10.5. The number of hydrogen-bond donors (Lipinski definition) is 0. The van der Waals surface area contributed by atoms with Gasteiger partial charge >= 0.3 is 6.01 Å². The van der Waals surface area contributed by atoms with Gasteiger partial charge < -0.3 is 9.47 Å². The average molecular weight is 441 g/mol. The van der Waals surface area contributed by atoms with Crippen LogP contribution >= 0.6 is 0 Å². The predicted octanol–water partition coefficient (Wildman–Crippen LogP) is 3.99. The normalized spacial score (nSPS) is 15.0. The molecule has 1 aromatic heterocycles. The molecule has 0 radical (unpaired) electrons. The van der Waals surface area contributed by atoms with Crippen LogP contribution < -0.4 is 9.64 Å². The Labute approximate surface area is 191 Å². The zero-order valence-electron chi connectivity index (χ0n) is 19.8. The third-order valence-electron chi connectivity index (χ3n) is 5.97. The van der Waals surface area contributed by atoms with Crippen LogP contribution in [0, 0.1) is 12.8 Å². The van der Waals surface area contributed by atoms with E-state index in [-0.39, 0.29) is 17.8 Å². The van der Waals surface area contributed by atoms with Crippen LogP contribution in [-0.4, -0.2) is 54.2 Å².